The number of hydrogen-bond donors (Lipinski definition) is 0. The molecule has 0 N–H and O–H groups in total. The fourth-order valence-electron chi connectivity index (χ4n) is 2.52. The molecular weight excluding hydrogens is 280 g/mol. The maximum absolute atomic E-state index is 6.14. The first-order valence-corrected chi connectivity index (χ1v) is 7.88. The largest absolute Gasteiger partial charge is 0.487 e. The summed E-state index contributed by atoms with van der Waals surface area (Å²) in [6.07, 6.45) is 6.22. The Hall–Kier alpha value is -2.54. The van der Waals surface area contributed by atoms with Gasteiger partial charge in [0.15, 0.2) is 0 Å². The second-order valence-electron chi connectivity index (χ2n) is 6.15. The third kappa shape index (κ3) is 4.23. The molecule has 23 heavy (non-hydrogen) atoms. The van der Waals surface area contributed by atoms with E-state index in [1.807, 2.05) is 30.3 Å². The summed E-state index contributed by atoms with van der Waals surface area (Å²) < 4.78 is 6.14. The van der Waals surface area contributed by atoms with Crippen LogP contribution >= 0.6 is 0 Å². The first-order valence-electron chi connectivity index (χ1n) is 7.88. The number of hydrogen-bond acceptors (Lipinski definition) is 1. The molecule has 0 aliphatic rings. The van der Waals surface area contributed by atoms with E-state index in [9.17, 15) is 0 Å². The molecule has 1 radical (unpaired) electrons. The first kappa shape index (κ1) is 15.4. The minimum absolute atomic E-state index is 0.367. The van der Waals surface area contributed by atoms with E-state index in [0.29, 0.717) is 0 Å². The van der Waals surface area contributed by atoms with Gasteiger partial charge in [0.1, 0.15) is 11.4 Å². The molecule has 3 rings (SSSR count). The zero-order valence-electron chi connectivity index (χ0n) is 13.6. The Morgan fingerprint density at radius 3 is 2.26 bits per heavy atom. The fraction of sp³-hybridized carbons (Fsp3) is 0.136. The molecule has 3 aromatic rings. The van der Waals surface area contributed by atoms with Crippen LogP contribution in [0.3, 0.4) is 0 Å². The Kier molecular flexibility index (Phi) is 4.47. The quantitative estimate of drug-likeness (QED) is 0.569. The molecule has 0 saturated heterocycles. The smallest absolute Gasteiger partial charge is 0.120 e. The molecule has 0 fully saturated rings. The van der Waals surface area contributed by atoms with Gasteiger partial charge in [-0.2, -0.15) is 0 Å². The van der Waals surface area contributed by atoms with Crippen molar-refractivity contribution in [2.24, 2.45) is 0 Å². The second-order valence-corrected chi connectivity index (χ2v) is 6.15. The van der Waals surface area contributed by atoms with E-state index in [1.54, 1.807) is 0 Å². The van der Waals surface area contributed by atoms with Crippen LogP contribution in [0.2, 0.25) is 0 Å². The zero-order valence-corrected chi connectivity index (χ0v) is 13.6. The van der Waals surface area contributed by atoms with Crippen molar-refractivity contribution in [2.45, 2.75) is 19.4 Å². The van der Waals surface area contributed by atoms with E-state index in [4.69, 9.17) is 4.74 Å². The molecule has 1 nitrogen and oxygen atoms in total. The maximum Gasteiger partial charge on any atom is 0.120 e. The van der Waals surface area contributed by atoms with Gasteiger partial charge in [0.25, 0.3) is 0 Å². The molecule has 0 spiro atoms. The average molecular weight is 301 g/mol. The lowest BCUT2D eigenvalue weighted by atomic mass is 10.0. The number of rotatable bonds is 5. The predicted octanol–water partition coefficient (Wildman–Crippen LogP) is 5.91. The normalized spacial score (nSPS) is 11.9. The van der Waals surface area contributed by atoms with Crippen molar-refractivity contribution in [1.29, 1.82) is 0 Å². The summed E-state index contributed by atoms with van der Waals surface area (Å²) in [7, 11) is 0. The van der Waals surface area contributed by atoms with Gasteiger partial charge in [-0.05, 0) is 42.3 Å². The average Bonchev–Trinajstić information content (AvgIpc) is 2.55. The van der Waals surface area contributed by atoms with E-state index in [-0.39, 0.29) is 5.60 Å². The van der Waals surface area contributed by atoms with Gasteiger partial charge in [-0.1, -0.05) is 72.8 Å². The molecule has 0 aliphatic carbocycles. The van der Waals surface area contributed by atoms with Gasteiger partial charge in [-0.15, -0.1) is 0 Å². The Morgan fingerprint density at radius 1 is 0.783 bits per heavy atom. The highest BCUT2D eigenvalue weighted by Gasteiger charge is 2.18. The van der Waals surface area contributed by atoms with Crippen LogP contribution in [-0.2, 0) is 0 Å². The van der Waals surface area contributed by atoms with Gasteiger partial charge >= 0.3 is 0 Å². The number of benzene rings is 3. The summed E-state index contributed by atoms with van der Waals surface area (Å²) in [6.45, 7) is 4.13. The lowest BCUT2D eigenvalue weighted by Gasteiger charge is -2.25. The van der Waals surface area contributed by atoms with E-state index < -0.39 is 0 Å². The summed E-state index contributed by atoms with van der Waals surface area (Å²) in [5.74, 6) is 0.887. The highest BCUT2D eigenvalue weighted by Crippen LogP contribution is 2.25. The molecular formula is C22H21O. The van der Waals surface area contributed by atoms with Gasteiger partial charge in [0.2, 0.25) is 0 Å². The van der Waals surface area contributed by atoms with Gasteiger partial charge < -0.3 is 4.74 Å². The maximum atomic E-state index is 6.14. The molecule has 115 valence electrons. The number of ether oxygens (including phenoxy) is 1. The van der Waals surface area contributed by atoms with Crippen molar-refractivity contribution in [1.82, 2.24) is 0 Å². The molecule has 1 heteroatoms. The van der Waals surface area contributed by atoms with Gasteiger partial charge in [0.05, 0.1) is 0 Å². The van der Waals surface area contributed by atoms with Crippen LogP contribution in [0.1, 0.15) is 19.4 Å². The summed E-state index contributed by atoms with van der Waals surface area (Å²) in [5.41, 5.74) is 0.818. The van der Waals surface area contributed by atoms with Gasteiger partial charge in [-0.3, -0.25) is 0 Å². The Balaban J connectivity index is 1.68. The highest BCUT2D eigenvalue weighted by molar-refractivity contribution is 5.83. The Bertz CT molecular complexity index is 800. The minimum Gasteiger partial charge on any atom is -0.487 e. The molecule has 0 atom stereocenters. The summed E-state index contributed by atoms with van der Waals surface area (Å²) in [6, 6.07) is 24.8. The Morgan fingerprint density at radius 2 is 1.48 bits per heavy atom. The molecule has 0 bridgehead atoms. The van der Waals surface area contributed by atoms with Crippen molar-refractivity contribution in [3.63, 3.8) is 0 Å². The first-order chi connectivity index (χ1) is 11.1. The van der Waals surface area contributed by atoms with Crippen LogP contribution in [0.4, 0.5) is 0 Å². The lowest BCUT2D eigenvalue weighted by Crippen LogP contribution is -2.27. The van der Waals surface area contributed by atoms with Crippen LogP contribution in [0.15, 0.2) is 78.9 Å². The van der Waals surface area contributed by atoms with Crippen molar-refractivity contribution in [2.75, 3.05) is 0 Å². The second kappa shape index (κ2) is 6.70. The van der Waals surface area contributed by atoms with Crippen molar-refractivity contribution in [3.05, 3.63) is 90.9 Å². The summed E-state index contributed by atoms with van der Waals surface area (Å²) >= 11 is 0. The summed E-state index contributed by atoms with van der Waals surface area (Å²) in [4.78, 5) is 0. The summed E-state index contributed by atoms with van der Waals surface area (Å²) in [5, 5.41) is 2.42. The van der Waals surface area contributed by atoms with E-state index in [0.717, 1.165) is 5.75 Å². The predicted molar refractivity (Wildman–Crippen MR) is 98.4 cm³/mol. The monoisotopic (exact) mass is 301 g/mol. The SMILES string of the molecule is CC(C)([CH]C=Cc1ccccc1)Oc1ccc2ccccc2c1. The zero-order chi connectivity index (χ0) is 16.1. The number of fused-ring (bicyclic) bond motifs is 1. The lowest BCUT2D eigenvalue weighted by molar-refractivity contribution is 0.149. The molecule has 0 amide bonds. The van der Waals surface area contributed by atoms with E-state index >= 15 is 0 Å². The third-order valence-corrected chi connectivity index (χ3v) is 3.69. The topological polar surface area (TPSA) is 9.23 Å². The van der Waals surface area contributed by atoms with Crippen LogP contribution in [0.5, 0.6) is 5.75 Å². The van der Waals surface area contributed by atoms with Crippen LogP contribution < -0.4 is 4.74 Å². The van der Waals surface area contributed by atoms with E-state index in [1.165, 1.54) is 16.3 Å². The fourth-order valence-corrected chi connectivity index (χ4v) is 2.52. The van der Waals surface area contributed by atoms with E-state index in [2.05, 4.69) is 74.9 Å². The van der Waals surface area contributed by atoms with Gasteiger partial charge in [0, 0.05) is 6.42 Å². The van der Waals surface area contributed by atoms with Crippen LogP contribution in [0, 0.1) is 6.42 Å². The molecule has 0 saturated carbocycles. The van der Waals surface area contributed by atoms with Crippen LogP contribution in [0.25, 0.3) is 16.8 Å². The van der Waals surface area contributed by atoms with Crippen molar-refractivity contribution in [3.8, 4) is 5.75 Å². The Labute approximate surface area is 138 Å². The van der Waals surface area contributed by atoms with Crippen LogP contribution in [-0.4, -0.2) is 5.60 Å². The molecule has 0 unspecified atom stereocenters. The minimum atomic E-state index is -0.367. The van der Waals surface area contributed by atoms with Crippen molar-refractivity contribution < 1.29 is 4.74 Å². The molecule has 0 aromatic heterocycles. The highest BCUT2D eigenvalue weighted by atomic mass is 16.5. The molecule has 0 heterocycles. The molecule has 3 aromatic carbocycles. The third-order valence-electron chi connectivity index (χ3n) is 3.69. The van der Waals surface area contributed by atoms with Crippen molar-refractivity contribution >= 4 is 16.8 Å². The van der Waals surface area contributed by atoms with Gasteiger partial charge in [-0.25, -0.2) is 0 Å². The molecule has 0 aliphatic heterocycles. The standard InChI is InChI=1S/C22H21O/c1-22(2,16-8-11-18-9-4-3-5-10-18)23-21-15-14-19-12-6-7-13-20(19)17-21/h3-17H,1-2H3.